The van der Waals surface area contributed by atoms with Crippen molar-refractivity contribution < 1.29 is 13.9 Å². The SMILES string of the molecule is COC(=O)c1nn(C(F)c2ccccc2)c2ccccc12. The second-order valence-electron chi connectivity index (χ2n) is 4.55. The molecule has 106 valence electrons. The standard InChI is InChI=1S/C16H13FN2O2/c1-21-16(20)14-12-9-5-6-10-13(12)19(18-14)15(17)11-7-3-2-4-8-11/h2-10,15H,1H3. The molecule has 1 aromatic heterocycles. The highest BCUT2D eigenvalue weighted by Crippen LogP contribution is 2.27. The summed E-state index contributed by atoms with van der Waals surface area (Å²) in [7, 11) is 1.28. The van der Waals surface area contributed by atoms with Crippen molar-refractivity contribution in [2.45, 2.75) is 6.30 Å². The predicted octanol–water partition coefficient (Wildman–Crippen LogP) is 3.34. The van der Waals surface area contributed by atoms with Crippen molar-refractivity contribution in [2.75, 3.05) is 7.11 Å². The Morgan fingerprint density at radius 2 is 1.81 bits per heavy atom. The monoisotopic (exact) mass is 284 g/mol. The smallest absolute Gasteiger partial charge is 0.359 e. The number of halogens is 1. The van der Waals surface area contributed by atoms with E-state index in [9.17, 15) is 9.18 Å². The van der Waals surface area contributed by atoms with Gasteiger partial charge in [0.25, 0.3) is 0 Å². The average Bonchev–Trinajstić information content (AvgIpc) is 2.94. The summed E-state index contributed by atoms with van der Waals surface area (Å²) in [4.78, 5) is 11.8. The van der Waals surface area contributed by atoms with E-state index in [0.29, 0.717) is 16.5 Å². The molecule has 0 aliphatic heterocycles. The summed E-state index contributed by atoms with van der Waals surface area (Å²) < 4.78 is 20.6. The summed E-state index contributed by atoms with van der Waals surface area (Å²) in [5, 5.41) is 4.68. The van der Waals surface area contributed by atoms with Crippen LogP contribution in [0.3, 0.4) is 0 Å². The van der Waals surface area contributed by atoms with E-state index in [-0.39, 0.29) is 5.69 Å². The number of carbonyl (C=O) groups excluding carboxylic acids is 1. The Bertz CT molecular complexity index is 783. The fraction of sp³-hybridized carbons (Fsp3) is 0.125. The van der Waals surface area contributed by atoms with Crippen molar-refractivity contribution in [2.24, 2.45) is 0 Å². The van der Waals surface area contributed by atoms with E-state index in [1.807, 2.05) is 6.07 Å². The number of benzene rings is 2. The largest absolute Gasteiger partial charge is 0.464 e. The van der Waals surface area contributed by atoms with Crippen molar-refractivity contribution in [3.05, 3.63) is 65.9 Å². The molecule has 1 heterocycles. The van der Waals surface area contributed by atoms with Gasteiger partial charge in [-0.25, -0.2) is 13.9 Å². The molecule has 0 aliphatic carbocycles. The topological polar surface area (TPSA) is 44.1 Å². The number of aromatic nitrogens is 2. The number of esters is 1. The van der Waals surface area contributed by atoms with Crippen LogP contribution in [0, 0.1) is 0 Å². The van der Waals surface area contributed by atoms with Gasteiger partial charge in [0.2, 0.25) is 6.30 Å². The molecule has 3 aromatic rings. The first-order valence-electron chi connectivity index (χ1n) is 6.47. The molecule has 0 amide bonds. The van der Waals surface area contributed by atoms with E-state index in [0.717, 1.165) is 0 Å². The third kappa shape index (κ3) is 2.27. The summed E-state index contributed by atoms with van der Waals surface area (Å²) >= 11 is 0. The van der Waals surface area contributed by atoms with Gasteiger partial charge in [0.15, 0.2) is 5.69 Å². The number of fused-ring (bicyclic) bond motifs is 1. The Labute approximate surface area is 120 Å². The number of hydrogen-bond acceptors (Lipinski definition) is 3. The minimum atomic E-state index is -1.46. The molecule has 0 radical (unpaired) electrons. The van der Waals surface area contributed by atoms with Crippen molar-refractivity contribution >= 4 is 16.9 Å². The summed E-state index contributed by atoms with van der Waals surface area (Å²) in [5.41, 5.74) is 1.14. The van der Waals surface area contributed by atoms with Crippen LogP contribution < -0.4 is 0 Å². The van der Waals surface area contributed by atoms with Gasteiger partial charge in [-0.05, 0) is 6.07 Å². The van der Waals surface area contributed by atoms with Gasteiger partial charge in [-0.15, -0.1) is 0 Å². The van der Waals surface area contributed by atoms with Crippen LogP contribution in [0.2, 0.25) is 0 Å². The first-order chi connectivity index (χ1) is 10.2. The number of methoxy groups -OCH3 is 1. The molecule has 0 spiro atoms. The van der Waals surface area contributed by atoms with Crippen molar-refractivity contribution in [1.82, 2.24) is 9.78 Å². The molecule has 1 unspecified atom stereocenters. The second kappa shape index (κ2) is 5.36. The summed E-state index contributed by atoms with van der Waals surface area (Å²) in [6.45, 7) is 0. The van der Waals surface area contributed by atoms with Crippen molar-refractivity contribution in [3.63, 3.8) is 0 Å². The average molecular weight is 284 g/mol. The second-order valence-corrected chi connectivity index (χ2v) is 4.55. The quantitative estimate of drug-likeness (QED) is 0.693. The molecule has 0 N–H and O–H groups in total. The first kappa shape index (κ1) is 13.3. The fourth-order valence-corrected chi connectivity index (χ4v) is 2.26. The highest BCUT2D eigenvalue weighted by Gasteiger charge is 2.22. The highest BCUT2D eigenvalue weighted by molar-refractivity contribution is 6.02. The number of hydrogen-bond donors (Lipinski definition) is 0. The molecule has 0 saturated heterocycles. The molecule has 4 nitrogen and oxygen atoms in total. The first-order valence-corrected chi connectivity index (χ1v) is 6.47. The Morgan fingerprint density at radius 1 is 1.14 bits per heavy atom. The maximum atomic E-state index is 14.7. The van der Waals surface area contributed by atoms with Crippen LogP contribution in [0.4, 0.5) is 4.39 Å². The molecule has 0 bridgehead atoms. The lowest BCUT2D eigenvalue weighted by Gasteiger charge is -2.10. The van der Waals surface area contributed by atoms with E-state index in [2.05, 4.69) is 5.10 Å². The Hall–Kier alpha value is -2.69. The van der Waals surface area contributed by atoms with E-state index >= 15 is 0 Å². The van der Waals surface area contributed by atoms with Gasteiger partial charge in [-0.3, -0.25) is 0 Å². The highest BCUT2D eigenvalue weighted by atomic mass is 19.1. The maximum Gasteiger partial charge on any atom is 0.359 e. The maximum absolute atomic E-state index is 14.7. The van der Waals surface area contributed by atoms with Gasteiger partial charge in [-0.1, -0.05) is 48.5 Å². The third-order valence-corrected chi connectivity index (χ3v) is 3.28. The molecule has 0 aliphatic rings. The van der Waals surface area contributed by atoms with E-state index in [4.69, 9.17) is 4.74 Å². The zero-order valence-corrected chi connectivity index (χ0v) is 11.4. The molecule has 1 atom stereocenters. The Kier molecular flexibility index (Phi) is 3.39. The normalized spacial score (nSPS) is 12.3. The number of ether oxygens (including phenoxy) is 1. The van der Waals surface area contributed by atoms with Gasteiger partial charge in [0.05, 0.1) is 12.6 Å². The molecule has 0 saturated carbocycles. The molecule has 5 heteroatoms. The van der Waals surface area contributed by atoms with Gasteiger partial charge in [0, 0.05) is 10.9 Å². The molecule has 21 heavy (non-hydrogen) atoms. The Morgan fingerprint density at radius 3 is 2.52 bits per heavy atom. The number of rotatable bonds is 3. The third-order valence-electron chi connectivity index (χ3n) is 3.28. The minimum Gasteiger partial charge on any atom is -0.464 e. The van der Waals surface area contributed by atoms with Gasteiger partial charge >= 0.3 is 5.97 Å². The molecule has 2 aromatic carbocycles. The van der Waals surface area contributed by atoms with Gasteiger partial charge in [0.1, 0.15) is 0 Å². The lowest BCUT2D eigenvalue weighted by molar-refractivity contribution is 0.0594. The van der Waals surface area contributed by atoms with Crippen LogP contribution in [0.15, 0.2) is 54.6 Å². The zero-order valence-electron chi connectivity index (χ0n) is 11.4. The number of para-hydroxylation sites is 1. The fourth-order valence-electron chi connectivity index (χ4n) is 2.26. The number of nitrogens with zero attached hydrogens (tertiary/aromatic N) is 2. The number of alkyl halides is 1. The van der Waals surface area contributed by atoms with Gasteiger partial charge in [-0.2, -0.15) is 5.10 Å². The molecular weight excluding hydrogens is 271 g/mol. The van der Waals surface area contributed by atoms with E-state index in [1.54, 1.807) is 48.5 Å². The lowest BCUT2D eigenvalue weighted by atomic mass is 10.2. The minimum absolute atomic E-state index is 0.117. The van der Waals surface area contributed by atoms with Crippen molar-refractivity contribution in [1.29, 1.82) is 0 Å². The van der Waals surface area contributed by atoms with Crippen molar-refractivity contribution in [3.8, 4) is 0 Å². The summed E-state index contributed by atoms with van der Waals surface area (Å²) in [5.74, 6) is -0.579. The zero-order chi connectivity index (χ0) is 14.8. The summed E-state index contributed by atoms with van der Waals surface area (Å²) in [6.07, 6.45) is -1.46. The van der Waals surface area contributed by atoms with Gasteiger partial charge < -0.3 is 4.74 Å². The van der Waals surface area contributed by atoms with Crippen LogP contribution in [-0.4, -0.2) is 22.9 Å². The lowest BCUT2D eigenvalue weighted by Crippen LogP contribution is -2.09. The van der Waals surface area contributed by atoms with E-state index in [1.165, 1.54) is 11.8 Å². The predicted molar refractivity (Wildman–Crippen MR) is 76.8 cm³/mol. The summed E-state index contributed by atoms with van der Waals surface area (Å²) in [6, 6.07) is 15.7. The van der Waals surface area contributed by atoms with Crippen LogP contribution in [0.1, 0.15) is 22.3 Å². The Balaban J connectivity index is 2.17. The van der Waals surface area contributed by atoms with Crippen LogP contribution in [0.25, 0.3) is 10.9 Å². The van der Waals surface area contributed by atoms with Crippen LogP contribution in [0.5, 0.6) is 0 Å². The van der Waals surface area contributed by atoms with Crippen LogP contribution in [-0.2, 0) is 4.74 Å². The molecular formula is C16H13FN2O2. The molecule has 3 rings (SSSR count). The molecule has 0 fully saturated rings. The number of carbonyl (C=O) groups is 1. The van der Waals surface area contributed by atoms with E-state index < -0.39 is 12.3 Å². The van der Waals surface area contributed by atoms with Crippen LogP contribution >= 0.6 is 0 Å².